The molecule has 0 radical (unpaired) electrons. The van der Waals surface area contributed by atoms with Crippen molar-refractivity contribution in [3.8, 4) is 0 Å². The summed E-state index contributed by atoms with van der Waals surface area (Å²) in [6.07, 6.45) is 11.3. The lowest BCUT2D eigenvalue weighted by Gasteiger charge is -2.58. The summed E-state index contributed by atoms with van der Waals surface area (Å²) in [4.78, 5) is 0. The average molecular weight is 543 g/mol. The number of nitrogen functional groups attached to an aromatic ring is 2. The number of halogens is 2. The molecule has 0 aliphatic heterocycles. The van der Waals surface area contributed by atoms with Crippen molar-refractivity contribution < 1.29 is 13.5 Å². The molecule has 4 aliphatic carbocycles. The van der Waals surface area contributed by atoms with Crippen LogP contribution in [-0.2, 0) is 10.8 Å². The fourth-order valence-electron chi connectivity index (χ4n) is 9.87. The maximum absolute atomic E-state index is 15.2. The van der Waals surface area contributed by atoms with Crippen molar-refractivity contribution in [1.29, 1.82) is 0 Å². The van der Waals surface area contributed by atoms with Gasteiger partial charge in [-0.2, -0.15) is 8.78 Å². The lowest BCUT2D eigenvalue weighted by atomic mass is 9.47. The highest BCUT2D eigenvalue weighted by atomic mass is 19.3. The number of anilines is 2. The zero-order chi connectivity index (χ0) is 28.2. The Hall–Kier alpha value is -1.62. The molecule has 0 spiro atoms. The van der Waals surface area contributed by atoms with Crippen LogP contribution in [0.2, 0.25) is 0 Å². The molecule has 3 nitrogen and oxygen atoms in total. The molecule has 0 saturated heterocycles. The van der Waals surface area contributed by atoms with Gasteiger partial charge in [0.25, 0.3) is 0 Å². The van der Waals surface area contributed by atoms with Crippen LogP contribution in [0.4, 0.5) is 20.2 Å². The molecule has 218 valence electrons. The van der Waals surface area contributed by atoms with E-state index in [1.54, 1.807) is 0 Å². The van der Waals surface area contributed by atoms with Gasteiger partial charge in [0.2, 0.25) is 0 Å². The van der Waals surface area contributed by atoms with E-state index in [4.69, 9.17) is 16.2 Å². The third kappa shape index (κ3) is 5.26. The first-order chi connectivity index (χ1) is 18.3. The molecule has 5 rings (SSSR count). The van der Waals surface area contributed by atoms with Crippen molar-refractivity contribution >= 4 is 11.4 Å². The topological polar surface area (TPSA) is 61.3 Å². The fourth-order valence-corrected chi connectivity index (χ4v) is 9.87. The van der Waals surface area contributed by atoms with Gasteiger partial charge in [0, 0.05) is 11.4 Å². The van der Waals surface area contributed by atoms with Gasteiger partial charge in [-0.05, 0) is 116 Å². The summed E-state index contributed by atoms with van der Waals surface area (Å²) in [5, 5.41) is 0. The molecule has 39 heavy (non-hydrogen) atoms. The number of nitrogens with two attached hydrogens (primary N) is 2. The van der Waals surface area contributed by atoms with Crippen LogP contribution in [0.3, 0.4) is 0 Å². The van der Waals surface area contributed by atoms with E-state index in [0.717, 1.165) is 42.4 Å². The summed E-state index contributed by atoms with van der Waals surface area (Å²) in [6.45, 7) is 12.3. The third-order valence-corrected chi connectivity index (χ3v) is 12.0. The Balaban J connectivity index is 1.27. The molecule has 4 unspecified atom stereocenters. The van der Waals surface area contributed by atoms with E-state index in [1.807, 2.05) is 0 Å². The van der Waals surface area contributed by atoms with Crippen molar-refractivity contribution in [1.82, 2.24) is 0 Å². The fraction of sp³-hybridized carbons (Fsp3) is 0.765. The lowest BCUT2D eigenvalue weighted by Crippen LogP contribution is -2.51. The van der Waals surface area contributed by atoms with Crippen LogP contribution in [0.15, 0.2) is 29.8 Å². The Morgan fingerprint density at radius 2 is 1.77 bits per heavy atom. The Bertz CT molecular complexity index is 1070. The van der Waals surface area contributed by atoms with Gasteiger partial charge in [-0.3, -0.25) is 0 Å². The van der Waals surface area contributed by atoms with Gasteiger partial charge in [-0.1, -0.05) is 65.5 Å². The highest BCUT2D eigenvalue weighted by Gasteiger charge is 2.59. The first-order valence-electron chi connectivity index (χ1n) is 15.8. The predicted molar refractivity (Wildman–Crippen MR) is 157 cm³/mol. The zero-order valence-electron chi connectivity index (χ0n) is 24.9. The first kappa shape index (κ1) is 28.9. The van der Waals surface area contributed by atoms with Crippen molar-refractivity contribution in [2.45, 2.75) is 117 Å². The summed E-state index contributed by atoms with van der Waals surface area (Å²) in [7, 11) is 0. The van der Waals surface area contributed by atoms with Crippen LogP contribution in [0, 0.1) is 46.3 Å². The normalized spacial score (nSPS) is 37.1. The largest absolute Gasteiger partial charge is 0.399 e. The van der Waals surface area contributed by atoms with Crippen LogP contribution in [0.1, 0.15) is 111 Å². The number of alkyl halides is 2. The van der Waals surface area contributed by atoms with Crippen LogP contribution >= 0.6 is 0 Å². The van der Waals surface area contributed by atoms with E-state index in [0.29, 0.717) is 29.9 Å². The van der Waals surface area contributed by atoms with Gasteiger partial charge in [0.1, 0.15) is 0 Å². The molecule has 0 aromatic heterocycles. The van der Waals surface area contributed by atoms with Crippen LogP contribution in [0.5, 0.6) is 0 Å². The van der Waals surface area contributed by atoms with Crippen LogP contribution < -0.4 is 11.5 Å². The number of allylic oxidation sites excluding steroid dienone is 1. The molecule has 1 aromatic rings. The molecule has 1 aromatic carbocycles. The summed E-state index contributed by atoms with van der Waals surface area (Å²) in [5.74, 6) is 4.66. The van der Waals surface area contributed by atoms with E-state index >= 15 is 8.78 Å². The summed E-state index contributed by atoms with van der Waals surface area (Å²) in [6, 6.07) is 4.13. The van der Waals surface area contributed by atoms with Crippen molar-refractivity contribution in [2.24, 2.45) is 46.3 Å². The maximum atomic E-state index is 15.2. The minimum atomic E-state index is -3.43. The molecule has 5 heteroatoms. The number of benzene rings is 1. The lowest BCUT2D eigenvalue weighted by molar-refractivity contribution is -0.277. The second kappa shape index (κ2) is 10.7. The smallest absolute Gasteiger partial charge is 0.385 e. The first-order valence-corrected chi connectivity index (χ1v) is 15.8. The van der Waals surface area contributed by atoms with Crippen molar-refractivity contribution in [3.63, 3.8) is 0 Å². The molecule has 3 fully saturated rings. The minimum Gasteiger partial charge on any atom is -0.399 e. The van der Waals surface area contributed by atoms with E-state index in [2.05, 4.69) is 40.7 Å². The van der Waals surface area contributed by atoms with Gasteiger partial charge in [-0.15, -0.1) is 0 Å². The summed E-state index contributed by atoms with van der Waals surface area (Å²) >= 11 is 0. The monoisotopic (exact) mass is 542 g/mol. The molecular weight excluding hydrogens is 490 g/mol. The Kier molecular flexibility index (Phi) is 7.89. The molecule has 4 aliphatic rings. The molecule has 0 bridgehead atoms. The highest BCUT2D eigenvalue weighted by molar-refractivity contribution is 5.57. The van der Waals surface area contributed by atoms with Crippen LogP contribution in [0.25, 0.3) is 0 Å². The van der Waals surface area contributed by atoms with E-state index in [-0.39, 0.29) is 16.7 Å². The molecule has 8 atom stereocenters. The van der Waals surface area contributed by atoms with Gasteiger partial charge in [0.15, 0.2) is 0 Å². The highest BCUT2D eigenvalue weighted by Crippen LogP contribution is 2.67. The zero-order valence-corrected chi connectivity index (χ0v) is 24.9. The van der Waals surface area contributed by atoms with E-state index < -0.39 is 12.2 Å². The Labute approximate surface area is 235 Å². The average Bonchev–Trinajstić information content (AvgIpc) is 3.21. The van der Waals surface area contributed by atoms with Crippen molar-refractivity contribution in [3.05, 3.63) is 35.4 Å². The van der Waals surface area contributed by atoms with E-state index in [9.17, 15) is 0 Å². The standard InChI is InChI=1S/C34H52F2N2O/c1-21(2)7-6-8-22(3)27-13-14-28-26-11-9-23-19-25(15-17-32(23,4)29(26)16-18-33(27,28)5)39-34(35,36)30-12-10-24(37)20-31(30)38/h9-10,12,20-22,25-29H,6-8,11,13-19,37-38H2,1-5H3/t22-,25?,26?,27-,28?,29?,32+,33-/m1/s1. The molecule has 4 N–H and O–H groups in total. The van der Waals surface area contributed by atoms with E-state index in [1.165, 1.54) is 68.7 Å². The number of hydrogen-bond donors (Lipinski definition) is 2. The van der Waals surface area contributed by atoms with Gasteiger partial charge >= 0.3 is 6.11 Å². The number of fused-ring (bicyclic) bond motifs is 5. The van der Waals surface area contributed by atoms with Crippen molar-refractivity contribution in [2.75, 3.05) is 11.5 Å². The SMILES string of the molecule is CC(C)CCC[C@@H](C)[C@H]1CCC2C3CC=C4CC(OC(F)(F)c5ccc(N)cc5N)CC[C@]4(C)C3CC[C@@]21C. The number of hydrogen-bond acceptors (Lipinski definition) is 3. The predicted octanol–water partition coefficient (Wildman–Crippen LogP) is 9.33. The second-order valence-electron chi connectivity index (χ2n) is 14.6. The number of ether oxygens (including phenoxy) is 1. The Morgan fingerprint density at radius 1 is 1.00 bits per heavy atom. The summed E-state index contributed by atoms with van der Waals surface area (Å²) < 4.78 is 35.8. The maximum Gasteiger partial charge on any atom is 0.385 e. The Morgan fingerprint density at radius 3 is 2.49 bits per heavy atom. The molecular formula is C34H52F2N2O. The van der Waals surface area contributed by atoms with Gasteiger partial charge < -0.3 is 16.2 Å². The quantitative estimate of drug-likeness (QED) is 0.254. The van der Waals surface area contributed by atoms with Gasteiger partial charge in [-0.25, -0.2) is 0 Å². The van der Waals surface area contributed by atoms with Gasteiger partial charge in [0.05, 0.1) is 11.7 Å². The molecule has 0 amide bonds. The molecule has 0 heterocycles. The second-order valence-corrected chi connectivity index (χ2v) is 14.6. The number of rotatable bonds is 8. The summed E-state index contributed by atoms with van der Waals surface area (Å²) in [5.41, 5.74) is 13.6. The minimum absolute atomic E-state index is 0.0188. The van der Waals surface area contributed by atoms with Crippen LogP contribution in [-0.4, -0.2) is 6.10 Å². The third-order valence-electron chi connectivity index (χ3n) is 12.0. The molecule has 3 saturated carbocycles.